The van der Waals surface area contributed by atoms with Crippen molar-refractivity contribution in [3.63, 3.8) is 0 Å². The van der Waals surface area contributed by atoms with Crippen molar-refractivity contribution in [2.24, 2.45) is 5.92 Å². The van der Waals surface area contributed by atoms with Crippen LogP contribution >= 0.6 is 0 Å². The van der Waals surface area contributed by atoms with Crippen LogP contribution in [0.5, 0.6) is 0 Å². The minimum Gasteiger partial charge on any atom is -0.478 e. The second-order valence-electron chi connectivity index (χ2n) is 6.06. The number of ether oxygens (including phenoxy) is 2. The Morgan fingerprint density at radius 2 is 2.20 bits per heavy atom. The molecule has 0 saturated heterocycles. The standard InChI is InChI=1S/C16H22O4/c1-11-13(14(17)19-4)12-7-5-6-8-16(12,20-11)10-9-15(2,3)18/h12,18H,5-8H2,1-4H3/t12-,16-/m0/s1. The third kappa shape index (κ3) is 2.69. The summed E-state index contributed by atoms with van der Waals surface area (Å²) in [5.41, 5.74) is -1.13. The van der Waals surface area contributed by atoms with Crippen molar-refractivity contribution in [3.05, 3.63) is 11.3 Å². The van der Waals surface area contributed by atoms with Crippen molar-refractivity contribution in [2.45, 2.75) is 57.7 Å². The monoisotopic (exact) mass is 278 g/mol. The molecule has 1 aliphatic heterocycles. The van der Waals surface area contributed by atoms with Crippen LogP contribution in [0.4, 0.5) is 0 Å². The lowest BCUT2D eigenvalue weighted by Crippen LogP contribution is -2.40. The van der Waals surface area contributed by atoms with Gasteiger partial charge in [-0.1, -0.05) is 18.3 Å². The van der Waals surface area contributed by atoms with Gasteiger partial charge in [-0.2, -0.15) is 0 Å². The SMILES string of the molecule is COC(=O)C1=C(C)O[C@]2(C#CC(C)(C)O)CCCC[C@@H]12. The third-order valence-electron chi connectivity index (χ3n) is 3.90. The zero-order valence-corrected chi connectivity index (χ0v) is 12.6. The highest BCUT2D eigenvalue weighted by Gasteiger charge is 2.51. The molecular formula is C16H22O4. The van der Waals surface area contributed by atoms with Gasteiger partial charge in [0, 0.05) is 5.92 Å². The van der Waals surface area contributed by atoms with Crippen molar-refractivity contribution in [1.82, 2.24) is 0 Å². The van der Waals surface area contributed by atoms with Crippen LogP contribution in [0.15, 0.2) is 11.3 Å². The Kier molecular flexibility index (Phi) is 3.84. The summed E-state index contributed by atoms with van der Waals surface area (Å²) in [6.45, 7) is 5.08. The number of hydrogen-bond donors (Lipinski definition) is 1. The van der Waals surface area contributed by atoms with Crippen molar-refractivity contribution in [1.29, 1.82) is 0 Å². The fraction of sp³-hybridized carbons (Fsp3) is 0.688. The zero-order chi connectivity index (χ0) is 15.0. The molecule has 0 radical (unpaired) electrons. The molecule has 0 spiro atoms. The van der Waals surface area contributed by atoms with E-state index in [1.165, 1.54) is 7.11 Å². The Bertz CT molecular complexity index is 501. The van der Waals surface area contributed by atoms with Gasteiger partial charge in [-0.3, -0.25) is 0 Å². The van der Waals surface area contributed by atoms with E-state index in [-0.39, 0.29) is 11.9 Å². The highest BCUT2D eigenvalue weighted by Crippen LogP contribution is 2.48. The maximum absolute atomic E-state index is 12.0. The summed E-state index contributed by atoms with van der Waals surface area (Å²) in [5.74, 6) is 6.17. The highest BCUT2D eigenvalue weighted by molar-refractivity contribution is 5.90. The summed E-state index contributed by atoms with van der Waals surface area (Å²) in [4.78, 5) is 12.0. The first kappa shape index (κ1) is 14.9. The maximum Gasteiger partial charge on any atom is 0.337 e. The molecule has 1 saturated carbocycles. The molecule has 0 aromatic carbocycles. The van der Waals surface area contributed by atoms with Gasteiger partial charge in [-0.25, -0.2) is 4.79 Å². The highest BCUT2D eigenvalue weighted by atomic mass is 16.5. The summed E-state index contributed by atoms with van der Waals surface area (Å²) in [6.07, 6.45) is 3.70. The molecule has 110 valence electrons. The van der Waals surface area contributed by atoms with E-state index in [0.717, 1.165) is 25.7 Å². The molecule has 1 N–H and O–H groups in total. The minimum absolute atomic E-state index is 0.0569. The van der Waals surface area contributed by atoms with Crippen molar-refractivity contribution in [3.8, 4) is 11.8 Å². The second kappa shape index (κ2) is 5.14. The lowest BCUT2D eigenvalue weighted by Gasteiger charge is -2.35. The number of carbonyl (C=O) groups is 1. The number of rotatable bonds is 1. The molecule has 1 aliphatic carbocycles. The van der Waals surface area contributed by atoms with Crippen LogP contribution in [-0.4, -0.2) is 29.4 Å². The van der Waals surface area contributed by atoms with E-state index in [1.54, 1.807) is 20.8 Å². The average molecular weight is 278 g/mol. The van der Waals surface area contributed by atoms with Crippen LogP contribution in [0.2, 0.25) is 0 Å². The van der Waals surface area contributed by atoms with Crippen LogP contribution in [0.25, 0.3) is 0 Å². The van der Waals surface area contributed by atoms with E-state index in [2.05, 4.69) is 11.8 Å². The molecule has 2 atom stereocenters. The topological polar surface area (TPSA) is 55.8 Å². The van der Waals surface area contributed by atoms with Crippen molar-refractivity contribution < 1.29 is 19.4 Å². The molecule has 1 fully saturated rings. The summed E-state index contributed by atoms with van der Waals surface area (Å²) in [6, 6.07) is 0. The molecule has 4 nitrogen and oxygen atoms in total. The first-order valence-electron chi connectivity index (χ1n) is 7.04. The first-order chi connectivity index (χ1) is 9.29. The van der Waals surface area contributed by atoms with E-state index < -0.39 is 11.2 Å². The number of esters is 1. The number of aliphatic hydroxyl groups is 1. The number of carbonyl (C=O) groups excluding carboxylic acids is 1. The van der Waals surface area contributed by atoms with E-state index in [4.69, 9.17) is 9.47 Å². The molecule has 0 unspecified atom stereocenters. The average Bonchev–Trinajstić information content (AvgIpc) is 2.67. The van der Waals surface area contributed by atoms with Gasteiger partial charge in [-0.15, -0.1) is 0 Å². The van der Waals surface area contributed by atoms with E-state index in [9.17, 15) is 9.90 Å². The predicted octanol–water partition coefficient (Wildman–Crippen LogP) is 2.17. The van der Waals surface area contributed by atoms with Gasteiger partial charge in [0.25, 0.3) is 0 Å². The smallest absolute Gasteiger partial charge is 0.337 e. The normalized spacial score (nSPS) is 29.1. The molecule has 0 aromatic rings. The fourth-order valence-electron chi connectivity index (χ4n) is 3.05. The van der Waals surface area contributed by atoms with Crippen LogP contribution in [-0.2, 0) is 14.3 Å². The maximum atomic E-state index is 12.0. The summed E-state index contributed by atoms with van der Waals surface area (Å²) in [5, 5.41) is 9.82. The molecular weight excluding hydrogens is 256 g/mol. The Labute approximate surface area is 120 Å². The molecule has 2 aliphatic rings. The number of fused-ring (bicyclic) bond motifs is 1. The molecule has 0 aromatic heterocycles. The Morgan fingerprint density at radius 1 is 1.50 bits per heavy atom. The molecule has 0 bridgehead atoms. The number of hydrogen-bond acceptors (Lipinski definition) is 4. The zero-order valence-electron chi connectivity index (χ0n) is 12.6. The first-order valence-corrected chi connectivity index (χ1v) is 7.04. The molecule has 1 heterocycles. The summed E-state index contributed by atoms with van der Waals surface area (Å²) >= 11 is 0. The van der Waals surface area contributed by atoms with Crippen molar-refractivity contribution in [2.75, 3.05) is 7.11 Å². The quantitative estimate of drug-likeness (QED) is 0.590. The van der Waals surface area contributed by atoms with Crippen LogP contribution in [0.3, 0.4) is 0 Å². The molecule has 0 amide bonds. The van der Waals surface area contributed by atoms with E-state index >= 15 is 0 Å². The number of allylic oxidation sites excluding steroid dienone is 1. The Morgan fingerprint density at radius 3 is 2.80 bits per heavy atom. The van der Waals surface area contributed by atoms with Gasteiger partial charge < -0.3 is 14.6 Å². The Balaban J connectivity index is 2.38. The Hall–Kier alpha value is -1.47. The van der Waals surface area contributed by atoms with Gasteiger partial charge in [0.1, 0.15) is 11.4 Å². The summed E-state index contributed by atoms with van der Waals surface area (Å²) in [7, 11) is 1.38. The van der Waals surface area contributed by atoms with Crippen LogP contribution < -0.4 is 0 Å². The third-order valence-corrected chi connectivity index (χ3v) is 3.90. The largest absolute Gasteiger partial charge is 0.478 e. The van der Waals surface area contributed by atoms with Gasteiger partial charge in [0.2, 0.25) is 0 Å². The van der Waals surface area contributed by atoms with E-state index in [0.29, 0.717) is 11.3 Å². The minimum atomic E-state index is -1.07. The van der Waals surface area contributed by atoms with Gasteiger partial charge in [0.15, 0.2) is 5.60 Å². The fourth-order valence-corrected chi connectivity index (χ4v) is 3.05. The van der Waals surface area contributed by atoms with Crippen molar-refractivity contribution >= 4 is 5.97 Å². The van der Waals surface area contributed by atoms with Gasteiger partial charge in [0.05, 0.1) is 12.7 Å². The van der Waals surface area contributed by atoms with Gasteiger partial charge >= 0.3 is 5.97 Å². The van der Waals surface area contributed by atoms with Crippen LogP contribution in [0, 0.1) is 17.8 Å². The number of methoxy groups -OCH3 is 1. The predicted molar refractivity (Wildman–Crippen MR) is 74.6 cm³/mol. The van der Waals surface area contributed by atoms with Gasteiger partial charge in [-0.05, 0) is 40.0 Å². The molecule has 2 rings (SSSR count). The molecule has 20 heavy (non-hydrogen) atoms. The van der Waals surface area contributed by atoms with Crippen LogP contribution in [0.1, 0.15) is 46.5 Å². The lowest BCUT2D eigenvalue weighted by atomic mass is 9.73. The lowest BCUT2D eigenvalue weighted by molar-refractivity contribution is -0.137. The van der Waals surface area contributed by atoms with E-state index in [1.807, 2.05) is 0 Å². The summed E-state index contributed by atoms with van der Waals surface area (Å²) < 4.78 is 10.8. The second-order valence-corrected chi connectivity index (χ2v) is 6.06. The molecule has 4 heteroatoms.